The van der Waals surface area contributed by atoms with Crippen LogP contribution in [0.4, 0.5) is 0 Å². The molecule has 5 heteroatoms. The van der Waals surface area contributed by atoms with E-state index in [-0.39, 0.29) is 5.41 Å². The molecule has 80 valence electrons. The second kappa shape index (κ2) is 3.13. The van der Waals surface area contributed by atoms with E-state index in [9.17, 15) is 4.79 Å². The lowest BCUT2D eigenvalue weighted by molar-refractivity contribution is 0.111. The molecule has 0 unspecified atom stereocenters. The van der Waals surface area contributed by atoms with E-state index in [4.69, 9.17) is 0 Å². The van der Waals surface area contributed by atoms with Crippen LogP contribution in [0.5, 0.6) is 0 Å². The monoisotopic (exact) mass is 223 g/mol. The minimum atomic E-state index is -0.127. The highest BCUT2D eigenvalue weighted by Gasteiger charge is 2.25. The third kappa shape index (κ3) is 1.56. The molecule has 2 heterocycles. The predicted molar refractivity (Wildman–Crippen MR) is 59.7 cm³/mol. The summed E-state index contributed by atoms with van der Waals surface area (Å²) in [6.45, 7) is 8.03. The van der Waals surface area contributed by atoms with Gasteiger partial charge in [-0.15, -0.1) is 0 Å². The Kier molecular flexibility index (Phi) is 2.15. The number of aryl methyl sites for hydroxylation is 1. The first-order valence-corrected chi connectivity index (χ1v) is 5.57. The molecule has 0 amide bonds. The molecule has 0 aromatic carbocycles. The summed E-state index contributed by atoms with van der Waals surface area (Å²) in [5.74, 6) is 0. The fourth-order valence-electron chi connectivity index (χ4n) is 1.52. The number of hydrogen-bond acceptors (Lipinski definition) is 4. The van der Waals surface area contributed by atoms with Crippen LogP contribution < -0.4 is 0 Å². The first-order valence-electron chi connectivity index (χ1n) is 4.75. The average Bonchev–Trinajstić information content (AvgIpc) is 2.58. The van der Waals surface area contributed by atoms with Crippen molar-refractivity contribution in [2.24, 2.45) is 0 Å². The average molecular weight is 223 g/mol. The Labute approximate surface area is 91.9 Å². The lowest BCUT2D eigenvalue weighted by Crippen LogP contribution is -2.15. The largest absolute Gasteiger partial charge is 0.296 e. The van der Waals surface area contributed by atoms with Crippen LogP contribution in [0.1, 0.15) is 42.0 Å². The molecule has 4 nitrogen and oxygen atoms in total. The standard InChI is InChI=1S/C10H13N3OS/c1-6-12-13-7(5-14)8(10(2,3)4)11-9(13)15-6/h5H,1-4H3. The van der Waals surface area contributed by atoms with Crippen molar-refractivity contribution in [2.75, 3.05) is 0 Å². The molecule has 0 fully saturated rings. The van der Waals surface area contributed by atoms with Gasteiger partial charge in [0.1, 0.15) is 10.7 Å². The number of aromatic nitrogens is 3. The molecule has 0 atom stereocenters. The maximum absolute atomic E-state index is 11.1. The normalized spacial score (nSPS) is 12.3. The summed E-state index contributed by atoms with van der Waals surface area (Å²) in [7, 11) is 0. The van der Waals surface area contributed by atoms with E-state index < -0.39 is 0 Å². The Morgan fingerprint density at radius 2 is 2.07 bits per heavy atom. The van der Waals surface area contributed by atoms with Gasteiger partial charge in [0.05, 0.1) is 5.69 Å². The molecule has 2 aromatic rings. The van der Waals surface area contributed by atoms with Crippen LogP contribution in [0.25, 0.3) is 4.96 Å². The zero-order valence-corrected chi connectivity index (χ0v) is 10.1. The molecule has 2 rings (SSSR count). The molecule has 0 bridgehead atoms. The molecule has 0 aliphatic rings. The maximum atomic E-state index is 11.1. The summed E-state index contributed by atoms with van der Waals surface area (Å²) in [5.41, 5.74) is 1.26. The fraction of sp³-hybridized carbons (Fsp3) is 0.500. The minimum absolute atomic E-state index is 0.127. The van der Waals surface area contributed by atoms with Crippen molar-refractivity contribution in [2.45, 2.75) is 33.1 Å². The first-order chi connectivity index (χ1) is 6.93. The van der Waals surface area contributed by atoms with E-state index in [1.807, 2.05) is 27.7 Å². The van der Waals surface area contributed by atoms with E-state index in [0.29, 0.717) is 5.69 Å². The molecule has 0 N–H and O–H groups in total. The molecule has 0 radical (unpaired) electrons. The number of aldehydes is 1. The topological polar surface area (TPSA) is 47.3 Å². The van der Waals surface area contributed by atoms with Gasteiger partial charge in [-0.05, 0) is 6.92 Å². The molecular formula is C10H13N3OS. The van der Waals surface area contributed by atoms with Crippen molar-refractivity contribution >= 4 is 22.6 Å². The van der Waals surface area contributed by atoms with E-state index in [0.717, 1.165) is 21.9 Å². The zero-order valence-electron chi connectivity index (χ0n) is 9.24. The van der Waals surface area contributed by atoms with Gasteiger partial charge in [0, 0.05) is 5.41 Å². The van der Waals surface area contributed by atoms with E-state index in [2.05, 4.69) is 10.1 Å². The van der Waals surface area contributed by atoms with Crippen LogP contribution in [0, 0.1) is 6.92 Å². The van der Waals surface area contributed by atoms with Crippen molar-refractivity contribution in [1.29, 1.82) is 0 Å². The summed E-state index contributed by atoms with van der Waals surface area (Å²) < 4.78 is 1.63. The van der Waals surface area contributed by atoms with Gasteiger partial charge in [-0.25, -0.2) is 4.98 Å². The molecule has 0 spiro atoms. The highest BCUT2D eigenvalue weighted by atomic mass is 32.1. The summed E-state index contributed by atoms with van der Waals surface area (Å²) in [6, 6.07) is 0. The summed E-state index contributed by atoms with van der Waals surface area (Å²) in [6.07, 6.45) is 0.833. The first kappa shape index (κ1) is 10.3. The molecule has 0 saturated heterocycles. The lowest BCUT2D eigenvalue weighted by atomic mass is 9.91. The second-order valence-electron chi connectivity index (χ2n) is 4.53. The van der Waals surface area contributed by atoms with Crippen molar-refractivity contribution < 1.29 is 4.79 Å². The van der Waals surface area contributed by atoms with Crippen molar-refractivity contribution in [3.8, 4) is 0 Å². The highest BCUT2D eigenvalue weighted by molar-refractivity contribution is 7.16. The minimum Gasteiger partial charge on any atom is -0.296 e. The smallest absolute Gasteiger partial charge is 0.213 e. The van der Waals surface area contributed by atoms with Crippen molar-refractivity contribution in [3.05, 3.63) is 16.4 Å². The Morgan fingerprint density at radius 1 is 1.40 bits per heavy atom. The van der Waals surface area contributed by atoms with Gasteiger partial charge in [0.15, 0.2) is 6.29 Å². The van der Waals surface area contributed by atoms with E-state index >= 15 is 0 Å². The Bertz CT molecular complexity index is 518. The number of carbonyl (C=O) groups is 1. The van der Waals surface area contributed by atoms with Crippen molar-refractivity contribution in [3.63, 3.8) is 0 Å². The van der Waals surface area contributed by atoms with Gasteiger partial charge in [0.25, 0.3) is 0 Å². The molecule has 2 aromatic heterocycles. The van der Waals surface area contributed by atoms with Crippen molar-refractivity contribution in [1.82, 2.24) is 14.6 Å². The molecule has 15 heavy (non-hydrogen) atoms. The van der Waals surface area contributed by atoms with Gasteiger partial charge in [0.2, 0.25) is 4.96 Å². The number of imidazole rings is 1. The molecular weight excluding hydrogens is 210 g/mol. The number of hydrogen-bond donors (Lipinski definition) is 0. The number of rotatable bonds is 1. The SMILES string of the molecule is Cc1nn2c(C=O)c(C(C)(C)C)nc2s1. The van der Waals surface area contributed by atoms with Crippen LogP contribution in [-0.4, -0.2) is 20.9 Å². The highest BCUT2D eigenvalue weighted by Crippen LogP contribution is 2.26. The molecule has 0 aliphatic carbocycles. The van der Waals surface area contributed by atoms with Gasteiger partial charge >= 0.3 is 0 Å². The van der Waals surface area contributed by atoms with E-state index in [1.165, 1.54) is 11.3 Å². The van der Waals surface area contributed by atoms with E-state index in [1.54, 1.807) is 4.52 Å². The number of fused-ring (bicyclic) bond motifs is 1. The van der Waals surface area contributed by atoms with Crippen LogP contribution in [-0.2, 0) is 5.41 Å². The van der Waals surface area contributed by atoms with Crippen LogP contribution >= 0.6 is 11.3 Å². The van der Waals surface area contributed by atoms with Crippen LogP contribution in [0.3, 0.4) is 0 Å². The summed E-state index contributed by atoms with van der Waals surface area (Å²) >= 11 is 1.50. The third-order valence-electron chi connectivity index (χ3n) is 2.16. The molecule has 0 saturated carbocycles. The third-order valence-corrected chi connectivity index (χ3v) is 2.99. The predicted octanol–water partition coefficient (Wildman–Crippen LogP) is 2.21. The zero-order chi connectivity index (χ0) is 11.2. The van der Waals surface area contributed by atoms with Gasteiger partial charge in [-0.1, -0.05) is 32.1 Å². The number of carbonyl (C=O) groups excluding carboxylic acids is 1. The lowest BCUT2D eigenvalue weighted by Gasteiger charge is -2.15. The maximum Gasteiger partial charge on any atom is 0.213 e. The van der Waals surface area contributed by atoms with Crippen LogP contribution in [0.2, 0.25) is 0 Å². The van der Waals surface area contributed by atoms with Gasteiger partial charge in [-0.2, -0.15) is 9.61 Å². The number of nitrogens with zero attached hydrogens (tertiary/aromatic N) is 3. The fourth-order valence-corrected chi connectivity index (χ4v) is 2.27. The van der Waals surface area contributed by atoms with Gasteiger partial charge in [-0.3, -0.25) is 4.79 Å². The Hall–Kier alpha value is -1.23. The quantitative estimate of drug-likeness (QED) is 0.696. The summed E-state index contributed by atoms with van der Waals surface area (Å²) in [5, 5.41) is 5.18. The Balaban J connectivity index is 2.77. The second-order valence-corrected chi connectivity index (χ2v) is 5.69. The molecule has 0 aliphatic heterocycles. The van der Waals surface area contributed by atoms with Gasteiger partial charge < -0.3 is 0 Å². The summed E-state index contributed by atoms with van der Waals surface area (Å²) in [4.78, 5) is 16.3. The Morgan fingerprint density at radius 3 is 2.60 bits per heavy atom. The van der Waals surface area contributed by atoms with Crippen LogP contribution in [0.15, 0.2) is 0 Å².